The predicted molar refractivity (Wildman–Crippen MR) is 148 cm³/mol. The van der Waals surface area contributed by atoms with Crippen LogP contribution in [0.2, 0.25) is 0 Å². The van der Waals surface area contributed by atoms with Crippen LogP contribution in [0, 0.1) is 29.1 Å². The molecule has 0 aromatic carbocycles. The molecule has 2 unspecified atom stereocenters. The minimum Gasteiger partial charge on any atom is -0.465 e. The fourth-order valence-electron chi connectivity index (χ4n) is 4.70. The fraction of sp³-hybridized carbons (Fsp3) is 0.690. The van der Waals surface area contributed by atoms with Gasteiger partial charge in [0.2, 0.25) is 5.91 Å². The summed E-state index contributed by atoms with van der Waals surface area (Å²) in [6.45, 7) is 11.6. The number of esters is 1. The van der Waals surface area contributed by atoms with Crippen molar-refractivity contribution in [3.05, 3.63) is 15.8 Å². The summed E-state index contributed by atoms with van der Waals surface area (Å²) in [5, 5.41) is 2.80. The van der Waals surface area contributed by atoms with E-state index in [2.05, 4.69) is 24.1 Å². The first-order valence-electron chi connectivity index (χ1n) is 13.6. The van der Waals surface area contributed by atoms with E-state index in [1.165, 1.54) is 18.4 Å². The SMILES string of the molecule is COC(=O)c1sc(C#CC(C)(C)C)cc1N(C(=O)C1CCC(C)CC1)C(C)CCNC(=O)OC1CCOC1. The molecule has 0 bridgehead atoms. The molecule has 2 aliphatic rings. The summed E-state index contributed by atoms with van der Waals surface area (Å²) >= 11 is 1.25. The molecule has 0 spiro atoms. The molecule has 1 saturated carbocycles. The molecule has 8 nitrogen and oxygen atoms in total. The summed E-state index contributed by atoms with van der Waals surface area (Å²) in [4.78, 5) is 41.8. The highest BCUT2D eigenvalue weighted by molar-refractivity contribution is 7.15. The Labute approximate surface area is 230 Å². The predicted octanol–water partition coefficient (Wildman–Crippen LogP) is 5.39. The molecule has 1 aliphatic carbocycles. The molecule has 2 fully saturated rings. The summed E-state index contributed by atoms with van der Waals surface area (Å²) in [5.41, 5.74) is 0.323. The molecule has 1 aromatic rings. The summed E-state index contributed by atoms with van der Waals surface area (Å²) < 4.78 is 15.7. The Morgan fingerprint density at radius 1 is 1.21 bits per heavy atom. The van der Waals surface area contributed by atoms with Gasteiger partial charge in [0.25, 0.3) is 0 Å². The molecule has 1 N–H and O–H groups in total. The van der Waals surface area contributed by atoms with Crippen LogP contribution in [0.1, 0.15) is 87.7 Å². The highest BCUT2D eigenvalue weighted by Gasteiger charge is 2.34. The van der Waals surface area contributed by atoms with Gasteiger partial charge in [0, 0.05) is 30.3 Å². The monoisotopic (exact) mass is 546 g/mol. The molecule has 38 heavy (non-hydrogen) atoms. The first-order valence-corrected chi connectivity index (χ1v) is 14.4. The van der Waals surface area contributed by atoms with Crippen LogP contribution in [-0.4, -0.2) is 57.0 Å². The zero-order valence-electron chi connectivity index (χ0n) is 23.6. The van der Waals surface area contributed by atoms with Crippen molar-refractivity contribution in [3.8, 4) is 11.8 Å². The molecule has 1 aliphatic heterocycles. The normalized spacial score (nSPS) is 22.1. The van der Waals surface area contributed by atoms with Gasteiger partial charge in [-0.2, -0.15) is 0 Å². The van der Waals surface area contributed by atoms with E-state index < -0.39 is 12.1 Å². The smallest absolute Gasteiger partial charge is 0.407 e. The van der Waals surface area contributed by atoms with Crippen LogP contribution in [0.25, 0.3) is 0 Å². The maximum atomic E-state index is 14.0. The van der Waals surface area contributed by atoms with E-state index >= 15 is 0 Å². The van der Waals surface area contributed by atoms with E-state index in [1.807, 2.05) is 33.8 Å². The van der Waals surface area contributed by atoms with Crippen molar-refractivity contribution in [2.45, 2.75) is 85.3 Å². The van der Waals surface area contributed by atoms with Crippen LogP contribution in [0.3, 0.4) is 0 Å². The van der Waals surface area contributed by atoms with E-state index in [0.717, 1.165) is 25.7 Å². The zero-order chi connectivity index (χ0) is 27.9. The Morgan fingerprint density at radius 3 is 2.53 bits per heavy atom. The van der Waals surface area contributed by atoms with E-state index in [1.54, 1.807) is 4.90 Å². The van der Waals surface area contributed by atoms with Crippen molar-refractivity contribution >= 4 is 35.0 Å². The number of hydrogen-bond acceptors (Lipinski definition) is 7. The fourth-order valence-corrected chi connectivity index (χ4v) is 5.62. The standard InChI is InChI=1S/C29H42N2O6S/c1-19-7-9-21(10-8-19)26(32)31(20(2)12-15-30-28(34)37-22-13-16-36-18-22)24-17-23(11-14-29(3,4)5)38-25(24)27(33)35-6/h17,19-22H,7-10,12-13,15-16,18H2,1-6H3,(H,30,34). The maximum absolute atomic E-state index is 14.0. The van der Waals surface area contributed by atoms with Crippen LogP contribution in [0.4, 0.5) is 10.5 Å². The number of carbonyl (C=O) groups is 3. The molecular formula is C29H42N2O6S. The number of rotatable bonds is 8. The Hall–Kier alpha value is -2.57. The average molecular weight is 547 g/mol. The first kappa shape index (κ1) is 30.0. The topological polar surface area (TPSA) is 94.2 Å². The largest absolute Gasteiger partial charge is 0.465 e. The Bertz CT molecular complexity index is 1040. The van der Waals surface area contributed by atoms with Gasteiger partial charge in [-0.15, -0.1) is 11.3 Å². The molecule has 2 heterocycles. The lowest BCUT2D eigenvalue weighted by Crippen LogP contribution is -2.45. The highest BCUT2D eigenvalue weighted by Crippen LogP contribution is 2.37. The lowest BCUT2D eigenvalue weighted by Gasteiger charge is -2.35. The van der Waals surface area contributed by atoms with Gasteiger partial charge in [0.05, 0.1) is 30.9 Å². The number of amides is 2. The van der Waals surface area contributed by atoms with Gasteiger partial charge in [-0.05, 0) is 71.8 Å². The number of thiophene rings is 1. The van der Waals surface area contributed by atoms with Crippen molar-refractivity contribution in [2.24, 2.45) is 17.3 Å². The van der Waals surface area contributed by atoms with Gasteiger partial charge in [-0.25, -0.2) is 9.59 Å². The van der Waals surface area contributed by atoms with Gasteiger partial charge in [0.1, 0.15) is 11.0 Å². The molecule has 1 saturated heterocycles. The van der Waals surface area contributed by atoms with Gasteiger partial charge in [-0.1, -0.05) is 18.8 Å². The van der Waals surface area contributed by atoms with Crippen LogP contribution in [0.5, 0.6) is 0 Å². The minimum atomic E-state index is -0.489. The zero-order valence-corrected chi connectivity index (χ0v) is 24.4. The van der Waals surface area contributed by atoms with Crippen LogP contribution >= 0.6 is 11.3 Å². The molecule has 1 aromatic heterocycles. The van der Waals surface area contributed by atoms with Gasteiger partial charge in [0.15, 0.2) is 0 Å². The van der Waals surface area contributed by atoms with E-state index in [0.29, 0.717) is 54.0 Å². The minimum absolute atomic E-state index is 0.00774. The Balaban J connectivity index is 1.84. The molecule has 2 amide bonds. The van der Waals surface area contributed by atoms with Gasteiger partial charge in [-0.3, -0.25) is 4.79 Å². The molecule has 9 heteroatoms. The van der Waals surface area contributed by atoms with Crippen LogP contribution in [0.15, 0.2) is 6.07 Å². The summed E-state index contributed by atoms with van der Waals surface area (Å²) in [6.07, 6.45) is 4.14. The van der Waals surface area contributed by atoms with E-state index in [4.69, 9.17) is 14.2 Å². The highest BCUT2D eigenvalue weighted by atomic mass is 32.1. The second-order valence-corrected chi connectivity index (χ2v) is 12.5. The first-order chi connectivity index (χ1) is 18.0. The number of hydrogen-bond donors (Lipinski definition) is 1. The Kier molecular flexibility index (Phi) is 10.6. The maximum Gasteiger partial charge on any atom is 0.407 e. The number of carbonyl (C=O) groups excluding carboxylic acids is 3. The third-order valence-electron chi connectivity index (χ3n) is 6.94. The third kappa shape index (κ3) is 8.47. The van der Waals surface area contributed by atoms with Crippen LogP contribution < -0.4 is 10.2 Å². The summed E-state index contributed by atoms with van der Waals surface area (Å²) in [7, 11) is 1.34. The molecule has 0 radical (unpaired) electrons. The number of nitrogens with zero attached hydrogens (tertiary/aromatic N) is 1. The van der Waals surface area contributed by atoms with Crippen molar-refractivity contribution in [3.63, 3.8) is 0 Å². The lowest BCUT2D eigenvalue weighted by atomic mass is 9.82. The number of ether oxygens (including phenoxy) is 3. The number of anilines is 1. The van der Waals surface area contributed by atoms with Gasteiger partial charge >= 0.3 is 12.1 Å². The van der Waals surface area contributed by atoms with Crippen LogP contribution in [-0.2, 0) is 19.0 Å². The number of alkyl carbamates (subject to hydrolysis) is 1. The second-order valence-electron chi connectivity index (χ2n) is 11.4. The third-order valence-corrected chi connectivity index (χ3v) is 7.96. The lowest BCUT2D eigenvalue weighted by molar-refractivity contribution is -0.124. The van der Waals surface area contributed by atoms with E-state index in [9.17, 15) is 14.4 Å². The van der Waals surface area contributed by atoms with Crippen molar-refractivity contribution in [1.29, 1.82) is 0 Å². The second kappa shape index (κ2) is 13.5. The number of methoxy groups -OCH3 is 1. The van der Waals surface area contributed by atoms with Crippen molar-refractivity contribution in [1.82, 2.24) is 5.32 Å². The molecule has 3 rings (SSSR count). The summed E-state index contributed by atoms with van der Waals surface area (Å²) in [6, 6.07) is 1.55. The Morgan fingerprint density at radius 2 is 1.92 bits per heavy atom. The van der Waals surface area contributed by atoms with Crippen molar-refractivity contribution in [2.75, 3.05) is 31.8 Å². The van der Waals surface area contributed by atoms with Crippen molar-refractivity contribution < 1.29 is 28.6 Å². The molecular weight excluding hydrogens is 504 g/mol. The van der Waals surface area contributed by atoms with E-state index in [-0.39, 0.29) is 29.4 Å². The quantitative estimate of drug-likeness (QED) is 0.347. The number of nitrogens with one attached hydrogen (secondary N) is 1. The average Bonchev–Trinajstić information content (AvgIpc) is 3.52. The van der Waals surface area contributed by atoms with Gasteiger partial charge < -0.3 is 24.4 Å². The summed E-state index contributed by atoms with van der Waals surface area (Å²) in [5.74, 6) is 6.40. The molecule has 2 atom stereocenters. The molecule has 210 valence electrons.